The van der Waals surface area contributed by atoms with Gasteiger partial charge in [-0.25, -0.2) is 9.37 Å². The van der Waals surface area contributed by atoms with Crippen LogP contribution in [0.15, 0.2) is 11.6 Å². The molecule has 0 aliphatic rings. The molecule has 1 N–H and O–H groups in total. The molecular formula is C5H6FNOS. The average molecular weight is 147 g/mol. The molecule has 0 saturated heterocycles. The first kappa shape index (κ1) is 6.64. The van der Waals surface area contributed by atoms with Gasteiger partial charge in [-0.2, -0.15) is 0 Å². The standard InChI is InChI=1S/C5H6FNOS/c1-5(6,8)4-7-2-3-9-4/h2-3,8H,1H3. The molecule has 0 aliphatic carbocycles. The molecule has 0 fully saturated rings. The molecule has 1 atom stereocenters. The van der Waals surface area contributed by atoms with Crippen molar-refractivity contribution >= 4 is 11.3 Å². The summed E-state index contributed by atoms with van der Waals surface area (Å²) in [7, 11) is 0. The molecule has 1 rings (SSSR count). The summed E-state index contributed by atoms with van der Waals surface area (Å²) >= 11 is 1.09. The van der Waals surface area contributed by atoms with Crippen molar-refractivity contribution in [3.63, 3.8) is 0 Å². The number of aliphatic hydroxyl groups is 1. The maximum Gasteiger partial charge on any atom is 0.256 e. The van der Waals surface area contributed by atoms with Gasteiger partial charge in [0.1, 0.15) is 0 Å². The number of nitrogens with zero attached hydrogens (tertiary/aromatic N) is 1. The highest BCUT2D eigenvalue weighted by molar-refractivity contribution is 7.09. The molecule has 0 aliphatic heterocycles. The molecule has 1 aromatic heterocycles. The Labute approximate surface area is 56.0 Å². The molecule has 50 valence electrons. The molecule has 1 aromatic rings. The summed E-state index contributed by atoms with van der Waals surface area (Å²) in [5, 5.41) is 10.4. The lowest BCUT2D eigenvalue weighted by molar-refractivity contribution is -0.0769. The molecular weight excluding hydrogens is 141 g/mol. The van der Waals surface area contributed by atoms with Crippen molar-refractivity contribution in [3.8, 4) is 0 Å². The number of hydrogen-bond acceptors (Lipinski definition) is 3. The molecule has 0 aromatic carbocycles. The smallest absolute Gasteiger partial charge is 0.256 e. The topological polar surface area (TPSA) is 33.1 Å². The van der Waals surface area contributed by atoms with Crippen LogP contribution in [-0.2, 0) is 5.85 Å². The molecule has 9 heavy (non-hydrogen) atoms. The van der Waals surface area contributed by atoms with Crippen molar-refractivity contribution in [3.05, 3.63) is 16.6 Å². The summed E-state index contributed by atoms with van der Waals surface area (Å²) in [6.07, 6.45) is 1.45. The van der Waals surface area contributed by atoms with Crippen LogP contribution in [0.2, 0.25) is 0 Å². The molecule has 0 radical (unpaired) electrons. The first-order chi connectivity index (χ1) is 4.11. The Bertz CT molecular complexity index is 179. The summed E-state index contributed by atoms with van der Waals surface area (Å²) in [6, 6.07) is 0. The van der Waals surface area contributed by atoms with Crippen molar-refractivity contribution < 1.29 is 9.50 Å². The summed E-state index contributed by atoms with van der Waals surface area (Å²) in [5.41, 5.74) is 0. The Morgan fingerprint density at radius 1 is 1.89 bits per heavy atom. The van der Waals surface area contributed by atoms with E-state index in [1.165, 1.54) is 6.20 Å². The minimum atomic E-state index is -2.27. The first-order valence-corrected chi connectivity index (χ1v) is 3.30. The van der Waals surface area contributed by atoms with E-state index in [-0.39, 0.29) is 5.01 Å². The van der Waals surface area contributed by atoms with E-state index in [9.17, 15) is 4.39 Å². The largest absolute Gasteiger partial charge is 0.357 e. The van der Waals surface area contributed by atoms with Gasteiger partial charge in [-0.05, 0) is 0 Å². The lowest BCUT2D eigenvalue weighted by Gasteiger charge is -2.06. The highest BCUT2D eigenvalue weighted by atomic mass is 32.1. The summed E-state index contributed by atoms with van der Waals surface area (Å²) < 4.78 is 12.5. The van der Waals surface area contributed by atoms with Crippen LogP contribution in [0.4, 0.5) is 4.39 Å². The van der Waals surface area contributed by atoms with E-state index in [0.717, 1.165) is 18.3 Å². The van der Waals surface area contributed by atoms with Gasteiger partial charge in [-0.15, -0.1) is 11.3 Å². The highest BCUT2D eigenvalue weighted by Gasteiger charge is 2.23. The van der Waals surface area contributed by atoms with Crippen LogP contribution < -0.4 is 0 Å². The average Bonchev–Trinajstić information content (AvgIpc) is 2.08. The maximum absolute atomic E-state index is 12.5. The summed E-state index contributed by atoms with van der Waals surface area (Å²) in [6.45, 7) is 1.06. The van der Waals surface area contributed by atoms with Crippen LogP contribution in [0.5, 0.6) is 0 Å². The SMILES string of the molecule is CC(O)(F)c1nccs1. The van der Waals surface area contributed by atoms with E-state index in [1.54, 1.807) is 5.38 Å². The molecule has 1 heterocycles. The van der Waals surface area contributed by atoms with E-state index in [0.29, 0.717) is 0 Å². The van der Waals surface area contributed by atoms with Crippen LogP contribution in [0.25, 0.3) is 0 Å². The Morgan fingerprint density at radius 3 is 2.78 bits per heavy atom. The first-order valence-electron chi connectivity index (χ1n) is 2.42. The summed E-state index contributed by atoms with van der Waals surface area (Å²) in [5.74, 6) is -2.27. The molecule has 4 heteroatoms. The van der Waals surface area contributed by atoms with Gasteiger partial charge in [0.05, 0.1) is 0 Å². The molecule has 1 unspecified atom stereocenters. The van der Waals surface area contributed by atoms with Crippen molar-refractivity contribution in [2.24, 2.45) is 0 Å². The fourth-order valence-electron chi connectivity index (χ4n) is 0.449. The quantitative estimate of drug-likeness (QED) is 0.649. The zero-order chi connectivity index (χ0) is 6.91. The Hall–Kier alpha value is -0.480. The van der Waals surface area contributed by atoms with Crippen LogP contribution in [-0.4, -0.2) is 10.1 Å². The Kier molecular flexibility index (Phi) is 1.50. The molecule has 2 nitrogen and oxygen atoms in total. The van der Waals surface area contributed by atoms with Gasteiger partial charge in [0.25, 0.3) is 5.85 Å². The lowest BCUT2D eigenvalue weighted by Crippen LogP contribution is -2.12. The minimum Gasteiger partial charge on any atom is -0.357 e. The van der Waals surface area contributed by atoms with E-state index >= 15 is 0 Å². The maximum atomic E-state index is 12.5. The third-order valence-electron chi connectivity index (χ3n) is 0.823. The number of hydrogen-bond donors (Lipinski definition) is 1. The van der Waals surface area contributed by atoms with Crippen LogP contribution >= 0.6 is 11.3 Å². The van der Waals surface area contributed by atoms with Gasteiger partial charge in [0.2, 0.25) is 0 Å². The predicted molar refractivity (Wildman–Crippen MR) is 32.8 cm³/mol. The summed E-state index contributed by atoms with van der Waals surface area (Å²) in [4.78, 5) is 3.58. The number of aromatic nitrogens is 1. The van der Waals surface area contributed by atoms with Crippen LogP contribution in [0.1, 0.15) is 11.9 Å². The highest BCUT2D eigenvalue weighted by Crippen LogP contribution is 2.22. The lowest BCUT2D eigenvalue weighted by atomic mass is 10.4. The Balaban J connectivity index is 2.90. The van der Waals surface area contributed by atoms with E-state index in [4.69, 9.17) is 5.11 Å². The van der Waals surface area contributed by atoms with Gasteiger partial charge < -0.3 is 5.11 Å². The van der Waals surface area contributed by atoms with Gasteiger partial charge in [-0.1, -0.05) is 0 Å². The van der Waals surface area contributed by atoms with Gasteiger partial charge >= 0.3 is 0 Å². The third-order valence-corrected chi connectivity index (χ3v) is 1.78. The van der Waals surface area contributed by atoms with Crippen molar-refractivity contribution in [2.45, 2.75) is 12.8 Å². The zero-order valence-corrected chi connectivity index (χ0v) is 5.65. The molecule has 0 spiro atoms. The second-order valence-corrected chi connectivity index (χ2v) is 2.69. The fraction of sp³-hybridized carbons (Fsp3) is 0.400. The number of alkyl halides is 1. The van der Waals surface area contributed by atoms with Gasteiger partial charge in [-0.3, -0.25) is 0 Å². The van der Waals surface area contributed by atoms with Gasteiger partial charge in [0.15, 0.2) is 5.01 Å². The Morgan fingerprint density at radius 2 is 2.56 bits per heavy atom. The molecule has 0 bridgehead atoms. The normalized spacial score (nSPS) is 17.2. The van der Waals surface area contributed by atoms with E-state index < -0.39 is 5.85 Å². The van der Waals surface area contributed by atoms with Gasteiger partial charge in [0, 0.05) is 18.5 Å². The van der Waals surface area contributed by atoms with Crippen molar-refractivity contribution in [2.75, 3.05) is 0 Å². The molecule has 0 saturated carbocycles. The van der Waals surface area contributed by atoms with Crippen molar-refractivity contribution in [1.82, 2.24) is 4.98 Å². The number of halogens is 1. The van der Waals surface area contributed by atoms with Crippen LogP contribution in [0.3, 0.4) is 0 Å². The van der Waals surface area contributed by atoms with E-state index in [2.05, 4.69) is 4.98 Å². The second-order valence-electron chi connectivity index (χ2n) is 1.79. The number of thiazole rings is 1. The fourth-order valence-corrected chi connectivity index (χ4v) is 1.04. The number of rotatable bonds is 1. The minimum absolute atomic E-state index is 0.0995. The van der Waals surface area contributed by atoms with E-state index in [1.807, 2.05) is 0 Å². The zero-order valence-electron chi connectivity index (χ0n) is 4.84. The third kappa shape index (κ3) is 1.46. The molecule has 0 amide bonds. The monoisotopic (exact) mass is 147 g/mol. The van der Waals surface area contributed by atoms with Crippen molar-refractivity contribution in [1.29, 1.82) is 0 Å². The van der Waals surface area contributed by atoms with Crippen LogP contribution in [0, 0.1) is 0 Å². The predicted octanol–water partition coefficient (Wildman–Crippen LogP) is 1.28. The second kappa shape index (κ2) is 2.04.